The van der Waals surface area contributed by atoms with Gasteiger partial charge in [-0.25, -0.2) is 0 Å². The highest BCUT2D eigenvalue weighted by atomic mass is 16.6. The summed E-state index contributed by atoms with van der Waals surface area (Å²) in [5.74, 6) is 1.88. The Bertz CT molecular complexity index is 1200. The van der Waals surface area contributed by atoms with Crippen LogP contribution in [0.2, 0.25) is 0 Å². The molecule has 3 nitrogen and oxygen atoms in total. The van der Waals surface area contributed by atoms with Gasteiger partial charge < -0.3 is 9.47 Å². The van der Waals surface area contributed by atoms with Gasteiger partial charge in [-0.3, -0.25) is 4.79 Å². The second-order valence-corrected chi connectivity index (χ2v) is 21.0. The Hall–Kier alpha value is -0.830. The molecule has 10 unspecified atom stereocenters. The number of epoxide rings is 1. The molecule has 0 radical (unpaired) electrons. The smallest absolute Gasteiger partial charge is 0.306 e. The molecule has 0 amide bonds. The third-order valence-corrected chi connectivity index (χ3v) is 16.7. The van der Waals surface area contributed by atoms with Crippen molar-refractivity contribution in [1.82, 2.24) is 0 Å². The number of carbonyl (C=O) groups excluding carboxylic acids is 1. The molecular weight excluding hydrogens is 601 g/mol. The van der Waals surface area contributed by atoms with Crippen LogP contribution in [0.5, 0.6) is 0 Å². The maximum Gasteiger partial charge on any atom is 0.306 e. The molecule has 5 fully saturated rings. The molecule has 5 aliphatic carbocycles. The summed E-state index contributed by atoms with van der Waals surface area (Å²) in [5, 5.41) is 0. The zero-order valence-electron chi connectivity index (χ0n) is 33.8. The molecule has 1 saturated heterocycles. The first kappa shape index (κ1) is 37.9. The van der Waals surface area contributed by atoms with Crippen LogP contribution in [-0.2, 0) is 14.3 Å². The zero-order chi connectivity index (χ0) is 35.3. The Morgan fingerprint density at radius 2 is 1.37 bits per heavy atom. The summed E-state index contributed by atoms with van der Waals surface area (Å²) in [6, 6.07) is 0. The minimum Gasteiger partial charge on any atom is -0.462 e. The van der Waals surface area contributed by atoms with E-state index in [-0.39, 0.29) is 33.7 Å². The molecule has 4 saturated carbocycles. The van der Waals surface area contributed by atoms with E-state index in [0.29, 0.717) is 47.2 Å². The molecule has 10 atom stereocenters. The van der Waals surface area contributed by atoms with Crippen LogP contribution >= 0.6 is 0 Å². The van der Waals surface area contributed by atoms with Crippen molar-refractivity contribution in [3.05, 3.63) is 11.6 Å². The molecule has 0 spiro atoms. The van der Waals surface area contributed by atoms with Crippen molar-refractivity contribution < 1.29 is 14.3 Å². The first-order chi connectivity index (χ1) is 23.1. The van der Waals surface area contributed by atoms with E-state index in [9.17, 15) is 4.79 Å². The monoisotopic (exact) mass is 679 g/mol. The van der Waals surface area contributed by atoms with Crippen molar-refractivity contribution in [3.8, 4) is 0 Å². The number of unbranched alkanes of at least 4 members (excludes halogenated alkanes) is 12. The van der Waals surface area contributed by atoms with Crippen LogP contribution in [0.3, 0.4) is 0 Å². The lowest BCUT2D eigenvalue weighted by atomic mass is 9.34. The van der Waals surface area contributed by atoms with Gasteiger partial charge in [-0.15, -0.1) is 0 Å². The Labute approximate surface area is 303 Å². The Balaban J connectivity index is 1.01. The molecule has 0 aromatic heterocycles. The maximum absolute atomic E-state index is 13.2. The van der Waals surface area contributed by atoms with Crippen molar-refractivity contribution in [2.24, 2.45) is 50.2 Å². The zero-order valence-corrected chi connectivity index (χ0v) is 33.8. The van der Waals surface area contributed by atoms with E-state index in [1.807, 2.05) is 0 Å². The summed E-state index contributed by atoms with van der Waals surface area (Å²) in [6.45, 7) is 22.7. The molecule has 6 aliphatic rings. The lowest BCUT2D eigenvalue weighted by molar-refractivity contribution is -0.196. The van der Waals surface area contributed by atoms with Gasteiger partial charge >= 0.3 is 5.97 Å². The fourth-order valence-electron chi connectivity index (χ4n) is 13.9. The topological polar surface area (TPSA) is 38.8 Å². The number of hydrogen-bond acceptors (Lipinski definition) is 3. The molecule has 3 heteroatoms. The largest absolute Gasteiger partial charge is 0.462 e. The molecule has 0 aromatic rings. The molecule has 0 N–H and O–H groups in total. The normalized spacial score (nSPS) is 42.8. The number of carbonyl (C=O) groups is 1. The van der Waals surface area contributed by atoms with Gasteiger partial charge in [0.05, 0.1) is 12.2 Å². The molecule has 0 aromatic carbocycles. The predicted octanol–water partition coefficient (Wildman–Crippen LogP) is 13.2. The van der Waals surface area contributed by atoms with E-state index in [2.05, 4.69) is 68.4 Å². The van der Waals surface area contributed by atoms with Crippen LogP contribution in [0, 0.1) is 50.2 Å². The average molecular weight is 679 g/mol. The van der Waals surface area contributed by atoms with E-state index in [0.717, 1.165) is 25.7 Å². The van der Waals surface area contributed by atoms with Crippen LogP contribution in [0.25, 0.3) is 0 Å². The molecule has 1 aliphatic heterocycles. The third-order valence-electron chi connectivity index (χ3n) is 16.7. The Kier molecular flexibility index (Phi) is 11.0. The quantitative estimate of drug-likeness (QED) is 0.0749. The third kappa shape index (κ3) is 6.89. The number of fused-ring (bicyclic) bond motifs is 10. The van der Waals surface area contributed by atoms with Crippen molar-refractivity contribution >= 4 is 5.97 Å². The second kappa shape index (κ2) is 14.2. The van der Waals surface area contributed by atoms with Gasteiger partial charge in [-0.05, 0) is 91.3 Å². The number of allylic oxidation sites excluding steroid dienone is 1. The van der Waals surface area contributed by atoms with E-state index in [4.69, 9.17) is 9.47 Å². The summed E-state index contributed by atoms with van der Waals surface area (Å²) >= 11 is 0. The van der Waals surface area contributed by atoms with E-state index in [1.54, 1.807) is 5.57 Å². The van der Waals surface area contributed by atoms with Crippen LogP contribution < -0.4 is 0 Å². The standard InChI is InChI=1S/C46H78O3/c1-10-11-12-13-14-15-16-17-18-19-20-21-22-23-37(47)48-36-26-29-44(7)33(42(36,4)5)25-28-45(8)34-24-27-43(6)31-30-41(2,3)32-35(43)46(34,9)40-38(49-40)39(44)45/h24,33,35-36,38-40H,10-23,25-32H2,1-9H3. The minimum atomic E-state index is -0.0158. The van der Waals surface area contributed by atoms with Crippen LogP contribution in [-0.4, -0.2) is 24.3 Å². The highest BCUT2D eigenvalue weighted by molar-refractivity contribution is 5.69. The summed E-state index contributed by atoms with van der Waals surface area (Å²) < 4.78 is 13.4. The number of rotatable bonds is 15. The first-order valence-electron chi connectivity index (χ1n) is 21.7. The van der Waals surface area contributed by atoms with Gasteiger partial charge in [0, 0.05) is 23.2 Å². The number of esters is 1. The number of hydrogen-bond donors (Lipinski definition) is 0. The van der Waals surface area contributed by atoms with Crippen molar-refractivity contribution in [2.75, 3.05) is 0 Å². The lowest BCUT2D eigenvalue weighted by Gasteiger charge is -2.69. The summed E-state index contributed by atoms with van der Waals surface area (Å²) in [5.41, 5.74) is 3.18. The van der Waals surface area contributed by atoms with Crippen molar-refractivity contribution in [1.29, 1.82) is 0 Å². The SMILES string of the molecule is CCCCCCCCCCCCCCCC(=O)OC1CCC2(C)C3C4OC4C4(C)C(=CCC5(C)CCC(C)(C)CC54)C3(C)CCC2C1(C)C. The first-order valence-corrected chi connectivity index (χ1v) is 21.7. The van der Waals surface area contributed by atoms with Crippen LogP contribution in [0.15, 0.2) is 11.6 Å². The van der Waals surface area contributed by atoms with E-state index < -0.39 is 0 Å². The fraction of sp³-hybridized carbons (Fsp3) is 0.935. The van der Waals surface area contributed by atoms with Crippen LogP contribution in [0.1, 0.15) is 204 Å². The minimum absolute atomic E-state index is 0.0158. The van der Waals surface area contributed by atoms with Gasteiger partial charge in [-0.2, -0.15) is 0 Å². The average Bonchev–Trinajstić information content (AvgIpc) is 3.83. The van der Waals surface area contributed by atoms with Crippen LogP contribution in [0.4, 0.5) is 0 Å². The molecular formula is C46H78O3. The van der Waals surface area contributed by atoms with E-state index in [1.165, 1.54) is 109 Å². The summed E-state index contributed by atoms with van der Waals surface area (Å²) in [6.07, 6.45) is 31.4. The summed E-state index contributed by atoms with van der Waals surface area (Å²) in [4.78, 5) is 13.2. The van der Waals surface area contributed by atoms with Gasteiger partial charge in [0.1, 0.15) is 6.10 Å². The Morgan fingerprint density at radius 3 is 2.00 bits per heavy atom. The Morgan fingerprint density at radius 1 is 0.755 bits per heavy atom. The van der Waals surface area contributed by atoms with Crippen molar-refractivity contribution in [2.45, 2.75) is 222 Å². The molecule has 280 valence electrons. The van der Waals surface area contributed by atoms with Crippen molar-refractivity contribution in [3.63, 3.8) is 0 Å². The van der Waals surface area contributed by atoms with Gasteiger partial charge in [0.15, 0.2) is 0 Å². The van der Waals surface area contributed by atoms with Gasteiger partial charge in [0.25, 0.3) is 0 Å². The predicted molar refractivity (Wildman–Crippen MR) is 204 cm³/mol. The highest BCUT2D eigenvalue weighted by Gasteiger charge is 2.77. The molecule has 0 bridgehead atoms. The second-order valence-electron chi connectivity index (χ2n) is 21.0. The molecule has 6 rings (SSSR count). The number of ether oxygens (including phenoxy) is 2. The molecule has 49 heavy (non-hydrogen) atoms. The molecule has 1 heterocycles. The van der Waals surface area contributed by atoms with Gasteiger partial charge in [-0.1, -0.05) is 151 Å². The summed E-state index contributed by atoms with van der Waals surface area (Å²) in [7, 11) is 0. The maximum atomic E-state index is 13.2. The van der Waals surface area contributed by atoms with E-state index >= 15 is 0 Å². The van der Waals surface area contributed by atoms with Gasteiger partial charge in [0.2, 0.25) is 0 Å². The fourth-order valence-corrected chi connectivity index (χ4v) is 13.9. The highest BCUT2D eigenvalue weighted by Crippen LogP contribution is 2.78. The lowest BCUT2D eigenvalue weighted by Crippen LogP contribution is -2.65.